The summed E-state index contributed by atoms with van der Waals surface area (Å²) in [5.41, 5.74) is 0.854. The van der Waals surface area contributed by atoms with Gasteiger partial charge in [-0.25, -0.2) is 0 Å². The van der Waals surface area contributed by atoms with Gasteiger partial charge in [0, 0.05) is 34.4 Å². The third-order valence-corrected chi connectivity index (χ3v) is 12.6. The third kappa shape index (κ3) is 5.81. The number of likely N-dealkylation sites (tertiary alicyclic amines) is 1. The molecule has 246 valence electrons. The van der Waals surface area contributed by atoms with Crippen LogP contribution in [0.1, 0.15) is 45.7 Å². The normalized spacial score (nSPS) is 27.2. The molecule has 1 N–H and O–H groups in total. The largest absolute Gasteiger partial charge is 0.494 e. The topological polar surface area (TPSA) is 90.4 Å². The Morgan fingerprint density at radius 2 is 1.76 bits per heavy atom. The molecular weight excluding hydrogens is 666 g/mol. The molecule has 0 radical (unpaired) electrons. The highest BCUT2D eigenvalue weighted by Gasteiger charge is 2.76. The van der Waals surface area contributed by atoms with E-state index in [0.717, 1.165) is 5.56 Å². The van der Waals surface area contributed by atoms with Crippen molar-refractivity contribution < 1.29 is 24.2 Å². The number of carbonyl (C=O) groups is 3. The maximum atomic E-state index is 14.9. The highest BCUT2D eigenvalue weighted by atomic mass is 79.9. The molecule has 3 fully saturated rings. The van der Waals surface area contributed by atoms with Crippen LogP contribution >= 0.6 is 27.7 Å². The van der Waals surface area contributed by atoms with Gasteiger partial charge in [-0.3, -0.25) is 14.4 Å². The second-order valence-corrected chi connectivity index (χ2v) is 15.8. The van der Waals surface area contributed by atoms with Gasteiger partial charge in [-0.05, 0) is 63.9 Å². The Kier molecular flexibility index (Phi) is 10.1. The van der Waals surface area contributed by atoms with Crippen LogP contribution in [0.25, 0.3) is 0 Å². The van der Waals surface area contributed by atoms with Gasteiger partial charge in [0.15, 0.2) is 0 Å². The molecule has 0 aliphatic carbocycles. The third-order valence-electron chi connectivity index (χ3n) is 9.36. The van der Waals surface area contributed by atoms with Crippen LogP contribution in [-0.2, 0) is 14.4 Å². The van der Waals surface area contributed by atoms with E-state index in [4.69, 9.17) is 4.74 Å². The molecule has 3 unspecified atom stereocenters. The van der Waals surface area contributed by atoms with Crippen LogP contribution in [0.3, 0.4) is 0 Å². The molecule has 1 spiro atoms. The lowest BCUT2D eigenvalue weighted by Crippen LogP contribution is -2.59. The fourth-order valence-electron chi connectivity index (χ4n) is 7.49. The van der Waals surface area contributed by atoms with Crippen LogP contribution in [0.4, 0.5) is 5.69 Å². The number of nitrogens with zero attached hydrogens (tertiary/aromatic N) is 3. The summed E-state index contributed by atoms with van der Waals surface area (Å²) in [6.07, 6.45) is 3.92. The summed E-state index contributed by atoms with van der Waals surface area (Å²) in [5, 5.41) is 10.6. The molecule has 0 saturated carbocycles. The van der Waals surface area contributed by atoms with E-state index in [1.807, 2.05) is 82.3 Å². The van der Waals surface area contributed by atoms with E-state index in [2.05, 4.69) is 29.1 Å². The van der Waals surface area contributed by atoms with Gasteiger partial charge in [0.2, 0.25) is 17.7 Å². The molecule has 7 atom stereocenters. The summed E-state index contributed by atoms with van der Waals surface area (Å²) < 4.78 is 4.74. The van der Waals surface area contributed by atoms with E-state index in [1.54, 1.807) is 38.6 Å². The molecule has 2 bridgehead atoms. The monoisotopic (exact) mass is 709 g/mol. The van der Waals surface area contributed by atoms with E-state index in [9.17, 15) is 19.5 Å². The van der Waals surface area contributed by atoms with E-state index in [1.165, 1.54) is 0 Å². The van der Waals surface area contributed by atoms with Gasteiger partial charge in [0.25, 0.3) is 0 Å². The Balaban J connectivity index is 1.63. The number of aliphatic hydroxyl groups excluding tert-OH is 1. The number of aliphatic hydroxyl groups is 1. The molecule has 5 rings (SSSR count). The Bertz CT molecular complexity index is 1460. The van der Waals surface area contributed by atoms with Crippen molar-refractivity contribution in [2.45, 2.75) is 66.6 Å². The standard InChI is InChI=1S/C36H44BrN3O5S/c1-7-19-38(24-15-17-25(18-16-24)45-9-3)32(42)28-29-33(43)40(27(22-41)23-13-11-10-12-14-23)31(36(29)21-26(37)30(28)46-36)34(44)39(20-8-2)35(4,5)6/h7-8,10-18,26-31,41H,1-2,9,19-22H2,3-6H3/t26?,27-,28-,29+,30-,31?,36?/m1/s1. The van der Waals surface area contributed by atoms with Gasteiger partial charge in [-0.1, -0.05) is 58.4 Å². The highest BCUT2D eigenvalue weighted by Crippen LogP contribution is 2.69. The number of amides is 3. The summed E-state index contributed by atoms with van der Waals surface area (Å²) >= 11 is 5.47. The Labute approximate surface area is 285 Å². The molecule has 3 aliphatic heterocycles. The lowest BCUT2D eigenvalue weighted by molar-refractivity contribution is -0.148. The van der Waals surface area contributed by atoms with Crippen LogP contribution in [0.2, 0.25) is 0 Å². The molecule has 3 aliphatic rings. The van der Waals surface area contributed by atoms with Crippen LogP contribution in [-0.4, -0.2) is 85.3 Å². The first-order valence-electron chi connectivity index (χ1n) is 15.8. The minimum Gasteiger partial charge on any atom is -0.494 e. The van der Waals surface area contributed by atoms with Crippen molar-refractivity contribution in [3.8, 4) is 5.75 Å². The number of benzene rings is 2. The average Bonchev–Trinajstić information content (AvgIpc) is 3.62. The number of ether oxygens (including phenoxy) is 1. The number of alkyl halides is 1. The van der Waals surface area contributed by atoms with Crippen molar-refractivity contribution in [2.24, 2.45) is 11.8 Å². The molecule has 3 saturated heterocycles. The van der Waals surface area contributed by atoms with Gasteiger partial charge in [-0.15, -0.1) is 24.9 Å². The lowest BCUT2D eigenvalue weighted by Gasteiger charge is -2.43. The van der Waals surface area contributed by atoms with E-state index < -0.39 is 34.2 Å². The van der Waals surface area contributed by atoms with Gasteiger partial charge >= 0.3 is 0 Å². The first kappa shape index (κ1) is 34.3. The van der Waals surface area contributed by atoms with Crippen molar-refractivity contribution in [3.63, 3.8) is 0 Å². The van der Waals surface area contributed by atoms with E-state index in [0.29, 0.717) is 31.0 Å². The molecular formula is C36H44BrN3O5S. The molecule has 10 heteroatoms. The van der Waals surface area contributed by atoms with Gasteiger partial charge in [-0.2, -0.15) is 0 Å². The molecule has 8 nitrogen and oxygen atoms in total. The summed E-state index contributed by atoms with van der Waals surface area (Å²) in [7, 11) is 0. The lowest BCUT2D eigenvalue weighted by atomic mass is 9.70. The van der Waals surface area contributed by atoms with Crippen LogP contribution in [0.15, 0.2) is 79.9 Å². The number of hydrogen-bond donors (Lipinski definition) is 1. The van der Waals surface area contributed by atoms with E-state index >= 15 is 0 Å². The second kappa shape index (κ2) is 13.6. The second-order valence-electron chi connectivity index (χ2n) is 13.1. The van der Waals surface area contributed by atoms with Crippen LogP contribution in [0, 0.1) is 11.8 Å². The quantitative estimate of drug-likeness (QED) is 0.228. The van der Waals surface area contributed by atoms with Crippen molar-refractivity contribution in [3.05, 3.63) is 85.5 Å². The molecule has 3 amide bonds. The summed E-state index contributed by atoms with van der Waals surface area (Å²) in [6.45, 7) is 16.3. The minimum absolute atomic E-state index is 0.0940. The van der Waals surface area contributed by atoms with Crippen molar-refractivity contribution in [1.29, 1.82) is 0 Å². The number of thioether (sulfide) groups is 1. The number of halogens is 1. The number of fused-ring (bicyclic) bond motifs is 1. The SMILES string of the molecule is C=CCN(C(=O)[C@H]1[C@@H]2SC3(CC2Br)C(C(=O)N(CC=C)C(C)(C)C)N([C@H](CO)c2ccccc2)C(=O)[C@H]13)c1ccc(OCC)cc1. The first-order chi connectivity index (χ1) is 21.9. The van der Waals surface area contributed by atoms with Crippen molar-refractivity contribution >= 4 is 51.1 Å². The number of carbonyl (C=O) groups excluding carboxylic acids is 3. The average molecular weight is 711 g/mol. The van der Waals surface area contributed by atoms with Gasteiger partial charge in [0.05, 0.1) is 35.8 Å². The summed E-state index contributed by atoms with van der Waals surface area (Å²) in [5.74, 6) is -1.40. The predicted octanol–water partition coefficient (Wildman–Crippen LogP) is 5.62. The highest BCUT2D eigenvalue weighted by molar-refractivity contribution is 9.09. The number of anilines is 1. The number of hydrogen-bond acceptors (Lipinski definition) is 6. The van der Waals surface area contributed by atoms with Gasteiger partial charge in [0.1, 0.15) is 11.8 Å². The zero-order valence-electron chi connectivity index (χ0n) is 27.0. The zero-order valence-corrected chi connectivity index (χ0v) is 29.4. The summed E-state index contributed by atoms with van der Waals surface area (Å²) in [4.78, 5) is 49.5. The smallest absolute Gasteiger partial charge is 0.247 e. The van der Waals surface area contributed by atoms with Crippen molar-refractivity contribution in [1.82, 2.24) is 9.80 Å². The molecule has 2 aromatic rings. The molecule has 3 heterocycles. The maximum Gasteiger partial charge on any atom is 0.247 e. The molecule has 46 heavy (non-hydrogen) atoms. The Morgan fingerprint density at radius 1 is 1.11 bits per heavy atom. The van der Waals surface area contributed by atoms with Crippen molar-refractivity contribution in [2.75, 3.05) is 31.2 Å². The molecule has 0 aromatic heterocycles. The van der Waals surface area contributed by atoms with Gasteiger partial charge < -0.3 is 24.5 Å². The van der Waals surface area contributed by atoms with Crippen LogP contribution in [0.5, 0.6) is 5.75 Å². The maximum absolute atomic E-state index is 14.9. The minimum atomic E-state index is -0.896. The Morgan fingerprint density at radius 3 is 2.33 bits per heavy atom. The summed E-state index contributed by atoms with van der Waals surface area (Å²) in [6, 6.07) is 15.0. The van der Waals surface area contributed by atoms with Crippen LogP contribution < -0.4 is 9.64 Å². The molecule has 2 aromatic carbocycles. The number of rotatable bonds is 12. The Hall–Kier alpha value is -3.08. The van der Waals surface area contributed by atoms with E-state index in [-0.39, 0.29) is 41.0 Å². The first-order valence-corrected chi connectivity index (χ1v) is 17.6. The zero-order chi connectivity index (χ0) is 33.4. The fourth-order valence-corrected chi connectivity index (χ4v) is 11.1. The predicted molar refractivity (Wildman–Crippen MR) is 187 cm³/mol. The fraction of sp³-hybridized carbons (Fsp3) is 0.472.